The number of esters is 1. The van der Waals surface area contributed by atoms with Crippen LogP contribution < -0.4 is 0 Å². The van der Waals surface area contributed by atoms with Crippen molar-refractivity contribution in [3.05, 3.63) is 0 Å². The molecule has 4 heterocycles. The highest BCUT2D eigenvalue weighted by Gasteiger charge is 2.88. The average molecular weight is 250 g/mol. The molecule has 5 atom stereocenters. The highest BCUT2D eigenvalue weighted by atomic mass is 16.7. The molecule has 0 radical (unpaired) electrons. The van der Waals surface area contributed by atoms with Gasteiger partial charge in [-0.15, -0.1) is 0 Å². The monoisotopic (exact) mass is 250 g/mol. The van der Waals surface area contributed by atoms with Gasteiger partial charge in [0.1, 0.15) is 0 Å². The van der Waals surface area contributed by atoms with Gasteiger partial charge in [0.05, 0.1) is 11.5 Å². The van der Waals surface area contributed by atoms with Crippen molar-refractivity contribution in [1.82, 2.24) is 0 Å². The first-order valence-electron chi connectivity index (χ1n) is 7.17. The maximum atomic E-state index is 12.3. The summed E-state index contributed by atoms with van der Waals surface area (Å²) in [4.78, 5) is 12.3. The number of fused-ring (bicyclic) bond motifs is 1. The summed E-state index contributed by atoms with van der Waals surface area (Å²) < 4.78 is 11.5. The highest BCUT2D eigenvalue weighted by molar-refractivity contribution is 5.80. The van der Waals surface area contributed by atoms with Gasteiger partial charge in [0.25, 0.3) is 0 Å². The van der Waals surface area contributed by atoms with Crippen LogP contribution in [0.15, 0.2) is 0 Å². The molecule has 0 aromatic carbocycles. The van der Waals surface area contributed by atoms with E-state index in [0.29, 0.717) is 0 Å². The Morgan fingerprint density at radius 3 is 2.56 bits per heavy atom. The SMILES string of the molecule is CC1(C)CCC[C@]2(C)[C@]13C[C@H]1OC(=O)[C@H]3[C@@]2(C)O1. The Balaban J connectivity index is 1.95. The molecule has 6 fully saturated rings. The van der Waals surface area contributed by atoms with Crippen molar-refractivity contribution < 1.29 is 14.3 Å². The van der Waals surface area contributed by atoms with E-state index in [1.54, 1.807) is 0 Å². The van der Waals surface area contributed by atoms with Crippen LogP contribution in [0.1, 0.15) is 53.4 Å². The summed E-state index contributed by atoms with van der Waals surface area (Å²) in [7, 11) is 0. The molecule has 0 aromatic rings. The van der Waals surface area contributed by atoms with Gasteiger partial charge in [-0.25, -0.2) is 0 Å². The lowest BCUT2D eigenvalue weighted by molar-refractivity contribution is -0.468. The molecule has 2 aliphatic carbocycles. The van der Waals surface area contributed by atoms with Crippen molar-refractivity contribution >= 4 is 5.97 Å². The maximum Gasteiger partial charge on any atom is 0.314 e. The van der Waals surface area contributed by atoms with Crippen LogP contribution in [0.5, 0.6) is 0 Å². The van der Waals surface area contributed by atoms with Gasteiger partial charge in [-0.2, -0.15) is 0 Å². The molecule has 4 saturated heterocycles. The smallest absolute Gasteiger partial charge is 0.314 e. The summed E-state index contributed by atoms with van der Waals surface area (Å²) in [6.45, 7) is 9.18. The van der Waals surface area contributed by atoms with Crippen molar-refractivity contribution in [3.63, 3.8) is 0 Å². The third-order valence-electron chi connectivity index (χ3n) is 7.16. The first-order valence-corrected chi connectivity index (χ1v) is 7.17. The minimum absolute atomic E-state index is 0.00699. The molecule has 0 N–H and O–H groups in total. The van der Waals surface area contributed by atoms with Crippen molar-refractivity contribution in [2.45, 2.75) is 65.3 Å². The molecular formula is C15H22O3. The molecule has 100 valence electrons. The molecule has 6 rings (SSSR count). The van der Waals surface area contributed by atoms with Crippen molar-refractivity contribution in [2.75, 3.05) is 0 Å². The first-order chi connectivity index (χ1) is 8.29. The maximum absolute atomic E-state index is 12.3. The Morgan fingerprint density at radius 2 is 1.89 bits per heavy atom. The van der Waals surface area contributed by atoms with Gasteiger partial charge in [0, 0.05) is 17.3 Å². The molecule has 18 heavy (non-hydrogen) atoms. The predicted octanol–water partition coefficient (Wildman–Crippen LogP) is 2.88. The van der Waals surface area contributed by atoms with Crippen LogP contribution in [0.4, 0.5) is 0 Å². The predicted molar refractivity (Wildman–Crippen MR) is 65.6 cm³/mol. The van der Waals surface area contributed by atoms with E-state index < -0.39 is 0 Å². The van der Waals surface area contributed by atoms with E-state index in [2.05, 4.69) is 27.7 Å². The molecule has 3 heteroatoms. The lowest BCUT2D eigenvalue weighted by Gasteiger charge is -2.83. The third-order valence-corrected chi connectivity index (χ3v) is 7.16. The van der Waals surface area contributed by atoms with Gasteiger partial charge in [0.2, 0.25) is 6.29 Å². The number of hydrogen-bond donors (Lipinski definition) is 0. The summed E-state index contributed by atoms with van der Waals surface area (Å²) in [6, 6.07) is 0. The molecule has 0 amide bonds. The fraction of sp³-hybridized carbons (Fsp3) is 0.933. The number of carbonyl (C=O) groups excluding carboxylic acids is 1. The van der Waals surface area contributed by atoms with E-state index in [1.165, 1.54) is 19.3 Å². The Bertz CT molecular complexity index is 457. The van der Waals surface area contributed by atoms with Gasteiger partial charge < -0.3 is 9.47 Å². The Labute approximate surface area is 108 Å². The second kappa shape index (κ2) is 2.65. The van der Waals surface area contributed by atoms with E-state index in [1.807, 2.05) is 0 Å². The van der Waals surface area contributed by atoms with E-state index in [9.17, 15) is 4.79 Å². The van der Waals surface area contributed by atoms with Gasteiger partial charge in [-0.3, -0.25) is 4.79 Å². The molecule has 3 nitrogen and oxygen atoms in total. The Kier molecular flexibility index (Phi) is 1.66. The second-order valence-corrected chi connectivity index (χ2v) is 7.77. The molecule has 1 spiro atoms. The zero-order valence-corrected chi connectivity index (χ0v) is 11.7. The summed E-state index contributed by atoms with van der Waals surface area (Å²) in [5, 5.41) is 0. The molecule has 2 saturated carbocycles. The quantitative estimate of drug-likeness (QED) is 0.620. The van der Waals surface area contributed by atoms with E-state index >= 15 is 0 Å². The summed E-state index contributed by atoms with van der Waals surface area (Å²) >= 11 is 0. The van der Waals surface area contributed by atoms with Gasteiger partial charge >= 0.3 is 5.97 Å². The molecule has 6 aliphatic rings. The molecule has 0 unspecified atom stereocenters. The number of ether oxygens (including phenoxy) is 2. The van der Waals surface area contributed by atoms with E-state index in [0.717, 1.165) is 6.42 Å². The van der Waals surface area contributed by atoms with Gasteiger partial charge in [0.15, 0.2) is 0 Å². The lowest BCUT2D eigenvalue weighted by atomic mass is 9.25. The zero-order chi connectivity index (χ0) is 13.0. The minimum Gasteiger partial charge on any atom is -0.435 e. The molecular weight excluding hydrogens is 228 g/mol. The fourth-order valence-electron chi connectivity index (χ4n) is 6.27. The van der Waals surface area contributed by atoms with Crippen LogP contribution in [0.3, 0.4) is 0 Å². The highest BCUT2D eigenvalue weighted by Crippen LogP contribution is 2.84. The van der Waals surface area contributed by atoms with Crippen LogP contribution >= 0.6 is 0 Å². The molecule has 4 aliphatic heterocycles. The standard InChI is InChI=1S/C15H22O3/c1-12(2)6-5-7-13(3)14(4)10-11(16)17-9(18-14)8-15(10,12)13/h9-10H,5-8H2,1-4H3/t9-,10-,13-,14+,15-/m0/s1. The van der Waals surface area contributed by atoms with Gasteiger partial charge in [-0.05, 0) is 25.2 Å². The Hall–Kier alpha value is -0.570. The van der Waals surface area contributed by atoms with Crippen LogP contribution in [0.2, 0.25) is 0 Å². The largest absolute Gasteiger partial charge is 0.435 e. The normalized spacial score (nSPS) is 59.7. The Morgan fingerprint density at radius 1 is 1.17 bits per heavy atom. The summed E-state index contributed by atoms with van der Waals surface area (Å²) in [6.07, 6.45) is 4.26. The second-order valence-electron chi connectivity index (χ2n) is 7.77. The number of hydrogen-bond acceptors (Lipinski definition) is 3. The fourth-order valence-corrected chi connectivity index (χ4v) is 6.27. The minimum atomic E-state index is -0.294. The number of rotatable bonds is 0. The van der Waals surface area contributed by atoms with E-state index in [-0.39, 0.29) is 40.0 Å². The van der Waals surface area contributed by atoms with Crippen molar-refractivity contribution in [1.29, 1.82) is 0 Å². The summed E-state index contributed by atoms with van der Waals surface area (Å²) in [5.41, 5.74) is 0.169. The number of carbonyl (C=O) groups is 1. The van der Waals surface area contributed by atoms with Crippen molar-refractivity contribution in [2.24, 2.45) is 22.2 Å². The third kappa shape index (κ3) is 0.774. The lowest BCUT2D eigenvalue weighted by Crippen LogP contribution is -2.88. The summed E-state index contributed by atoms with van der Waals surface area (Å²) in [5.74, 6) is -0.0530. The molecule has 0 aromatic heterocycles. The van der Waals surface area contributed by atoms with Gasteiger partial charge in [-0.1, -0.05) is 27.2 Å². The van der Waals surface area contributed by atoms with Crippen LogP contribution in [0.25, 0.3) is 0 Å². The molecule has 4 bridgehead atoms. The van der Waals surface area contributed by atoms with Crippen LogP contribution in [-0.2, 0) is 14.3 Å². The van der Waals surface area contributed by atoms with Crippen LogP contribution in [-0.4, -0.2) is 17.9 Å². The first kappa shape index (κ1) is 11.3. The van der Waals surface area contributed by atoms with E-state index in [4.69, 9.17) is 9.47 Å². The average Bonchev–Trinajstić information content (AvgIpc) is 2.24. The van der Waals surface area contributed by atoms with Crippen molar-refractivity contribution in [3.8, 4) is 0 Å². The van der Waals surface area contributed by atoms with Crippen LogP contribution in [0, 0.1) is 22.2 Å². The zero-order valence-electron chi connectivity index (χ0n) is 11.7. The topological polar surface area (TPSA) is 35.5 Å².